The molecule has 2 aromatic carbocycles. The molecule has 0 heterocycles. The molecule has 0 aliphatic rings. The van der Waals surface area contributed by atoms with Gasteiger partial charge in [0.2, 0.25) is 5.91 Å². The molecule has 0 atom stereocenters. The Balaban J connectivity index is 2.00. The topological polar surface area (TPSA) is 114 Å². The second-order valence-electron chi connectivity index (χ2n) is 6.03. The van der Waals surface area contributed by atoms with Crippen molar-refractivity contribution in [1.82, 2.24) is 5.43 Å². The summed E-state index contributed by atoms with van der Waals surface area (Å²) in [5.74, 6) is -0.985. The Morgan fingerprint density at radius 2 is 1.81 bits per heavy atom. The molecule has 8 heteroatoms. The van der Waals surface area contributed by atoms with Gasteiger partial charge in [-0.25, -0.2) is 5.43 Å². The average Bonchev–Trinajstić information content (AvgIpc) is 2.63. The second kappa shape index (κ2) is 8.70. The highest BCUT2D eigenvalue weighted by Gasteiger charge is 2.18. The van der Waals surface area contributed by atoms with Crippen LogP contribution in [0.5, 0.6) is 0 Å². The molecule has 140 valence electrons. The van der Waals surface area contributed by atoms with Gasteiger partial charge in [-0.05, 0) is 44.0 Å². The van der Waals surface area contributed by atoms with E-state index in [1.54, 1.807) is 6.92 Å². The Labute approximate surface area is 156 Å². The zero-order valence-electron chi connectivity index (χ0n) is 15.3. The summed E-state index contributed by atoms with van der Waals surface area (Å²) in [5, 5.41) is 17.6. The fourth-order valence-electron chi connectivity index (χ4n) is 2.38. The standard InChI is InChI=1S/C19H20N4O4/c1-12-7-6-9-16(14(12)3)20-18(24)11-13(2)21-22-19(25)15-8-4-5-10-17(15)23(26)27/h4-10H,11H2,1-3H3,(H,20,24)(H,22,25). The van der Waals surface area contributed by atoms with E-state index < -0.39 is 10.8 Å². The van der Waals surface area contributed by atoms with Crippen LogP contribution < -0.4 is 10.7 Å². The first-order chi connectivity index (χ1) is 12.8. The summed E-state index contributed by atoms with van der Waals surface area (Å²) < 4.78 is 0. The third-order valence-corrected chi connectivity index (χ3v) is 3.99. The molecule has 0 fully saturated rings. The summed E-state index contributed by atoms with van der Waals surface area (Å²) in [5.41, 5.74) is 4.97. The number of nitro benzene ring substituents is 1. The normalized spacial score (nSPS) is 11.0. The van der Waals surface area contributed by atoms with Crippen LogP contribution in [0.2, 0.25) is 0 Å². The van der Waals surface area contributed by atoms with Gasteiger partial charge in [-0.3, -0.25) is 19.7 Å². The quantitative estimate of drug-likeness (QED) is 0.462. The van der Waals surface area contributed by atoms with Gasteiger partial charge in [0.15, 0.2) is 0 Å². The summed E-state index contributed by atoms with van der Waals surface area (Å²) in [6.45, 7) is 5.46. The first-order valence-electron chi connectivity index (χ1n) is 8.22. The highest BCUT2D eigenvalue weighted by molar-refractivity contribution is 6.06. The fraction of sp³-hybridized carbons (Fsp3) is 0.211. The zero-order valence-corrected chi connectivity index (χ0v) is 15.3. The molecular weight excluding hydrogens is 348 g/mol. The van der Waals surface area contributed by atoms with E-state index in [4.69, 9.17) is 0 Å². The van der Waals surface area contributed by atoms with Crippen molar-refractivity contribution in [2.75, 3.05) is 5.32 Å². The monoisotopic (exact) mass is 368 g/mol. The number of hydrogen-bond acceptors (Lipinski definition) is 5. The lowest BCUT2D eigenvalue weighted by atomic mass is 10.1. The molecule has 0 spiro atoms. The lowest BCUT2D eigenvalue weighted by Gasteiger charge is -2.10. The Bertz CT molecular complexity index is 922. The van der Waals surface area contributed by atoms with Gasteiger partial charge >= 0.3 is 0 Å². The summed E-state index contributed by atoms with van der Waals surface area (Å²) in [7, 11) is 0. The van der Waals surface area contributed by atoms with Crippen molar-refractivity contribution in [3.63, 3.8) is 0 Å². The number of hydrazone groups is 1. The maximum Gasteiger partial charge on any atom is 0.282 e. The molecule has 0 saturated carbocycles. The molecule has 8 nitrogen and oxygen atoms in total. The van der Waals surface area contributed by atoms with Crippen LogP contribution >= 0.6 is 0 Å². The zero-order chi connectivity index (χ0) is 20.0. The van der Waals surface area contributed by atoms with Gasteiger partial charge in [0.25, 0.3) is 11.6 Å². The van der Waals surface area contributed by atoms with Crippen molar-refractivity contribution in [3.8, 4) is 0 Å². The van der Waals surface area contributed by atoms with E-state index in [1.807, 2.05) is 32.0 Å². The summed E-state index contributed by atoms with van der Waals surface area (Å²) >= 11 is 0. The molecule has 0 aliphatic carbocycles. The fourth-order valence-corrected chi connectivity index (χ4v) is 2.38. The van der Waals surface area contributed by atoms with E-state index in [1.165, 1.54) is 24.3 Å². The first kappa shape index (κ1) is 19.8. The Morgan fingerprint density at radius 3 is 2.52 bits per heavy atom. The van der Waals surface area contributed by atoms with Crippen LogP contribution in [0.15, 0.2) is 47.6 Å². The van der Waals surface area contributed by atoms with Gasteiger partial charge in [0, 0.05) is 17.5 Å². The number of carbonyl (C=O) groups is 2. The molecule has 0 saturated heterocycles. The van der Waals surface area contributed by atoms with E-state index in [2.05, 4.69) is 15.8 Å². The van der Waals surface area contributed by atoms with E-state index in [0.717, 1.165) is 16.8 Å². The third-order valence-electron chi connectivity index (χ3n) is 3.99. The number of nitrogens with zero attached hydrogens (tertiary/aromatic N) is 2. The van der Waals surface area contributed by atoms with Crippen molar-refractivity contribution < 1.29 is 14.5 Å². The van der Waals surface area contributed by atoms with Gasteiger partial charge in [-0.1, -0.05) is 24.3 Å². The smallest absolute Gasteiger partial charge is 0.282 e. The second-order valence-corrected chi connectivity index (χ2v) is 6.03. The van der Waals surface area contributed by atoms with Crippen molar-refractivity contribution in [2.24, 2.45) is 5.10 Å². The van der Waals surface area contributed by atoms with Crippen molar-refractivity contribution >= 4 is 28.9 Å². The summed E-state index contributed by atoms with van der Waals surface area (Å²) in [6, 6.07) is 11.2. The van der Waals surface area contributed by atoms with Crippen LogP contribution in [0.25, 0.3) is 0 Å². The van der Waals surface area contributed by atoms with E-state index in [0.29, 0.717) is 5.71 Å². The number of rotatable bonds is 6. The van der Waals surface area contributed by atoms with Gasteiger partial charge < -0.3 is 5.32 Å². The Morgan fingerprint density at radius 1 is 1.11 bits per heavy atom. The number of anilines is 1. The number of benzene rings is 2. The third kappa shape index (κ3) is 5.21. The number of amides is 2. The Kier molecular flexibility index (Phi) is 6.37. The lowest BCUT2D eigenvalue weighted by molar-refractivity contribution is -0.385. The first-order valence-corrected chi connectivity index (χ1v) is 8.22. The molecule has 0 aromatic heterocycles. The number of carbonyl (C=O) groups excluding carboxylic acids is 2. The minimum absolute atomic E-state index is 0.0233. The molecule has 0 bridgehead atoms. The van der Waals surface area contributed by atoms with Gasteiger partial charge in [0.05, 0.1) is 11.3 Å². The van der Waals surface area contributed by atoms with Crippen LogP contribution in [0.1, 0.15) is 34.8 Å². The number of aryl methyl sites for hydroxylation is 1. The van der Waals surface area contributed by atoms with Crippen LogP contribution in [0.3, 0.4) is 0 Å². The van der Waals surface area contributed by atoms with Gasteiger partial charge in [0.1, 0.15) is 5.56 Å². The number of nitro groups is 1. The largest absolute Gasteiger partial charge is 0.326 e. The van der Waals surface area contributed by atoms with Crippen LogP contribution in [0, 0.1) is 24.0 Å². The van der Waals surface area contributed by atoms with Crippen molar-refractivity contribution in [2.45, 2.75) is 27.2 Å². The van der Waals surface area contributed by atoms with Crippen LogP contribution in [-0.2, 0) is 4.79 Å². The minimum Gasteiger partial charge on any atom is -0.326 e. The molecule has 27 heavy (non-hydrogen) atoms. The molecule has 0 unspecified atom stereocenters. The van der Waals surface area contributed by atoms with Crippen molar-refractivity contribution in [3.05, 3.63) is 69.3 Å². The minimum atomic E-state index is -0.711. The highest BCUT2D eigenvalue weighted by atomic mass is 16.6. The van der Waals surface area contributed by atoms with Crippen LogP contribution in [-0.4, -0.2) is 22.4 Å². The van der Waals surface area contributed by atoms with Gasteiger partial charge in [-0.15, -0.1) is 0 Å². The molecular formula is C19H20N4O4. The number of para-hydroxylation sites is 1. The summed E-state index contributed by atoms with van der Waals surface area (Å²) in [4.78, 5) is 34.6. The highest BCUT2D eigenvalue weighted by Crippen LogP contribution is 2.18. The molecule has 2 amide bonds. The SMILES string of the molecule is CC(CC(=O)Nc1cccc(C)c1C)=NNC(=O)c1ccccc1[N+](=O)[O-]. The van der Waals surface area contributed by atoms with E-state index in [-0.39, 0.29) is 23.6 Å². The maximum absolute atomic E-state index is 12.2. The van der Waals surface area contributed by atoms with E-state index >= 15 is 0 Å². The number of hydrogen-bond donors (Lipinski definition) is 2. The number of nitrogens with one attached hydrogen (secondary N) is 2. The summed E-state index contributed by atoms with van der Waals surface area (Å²) in [6.07, 6.45) is -0.0233. The maximum atomic E-state index is 12.2. The van der Waals surface area contributed by atoms with E-state index in [9.17, 15) is 19.7 Å². The molecule has 2 N–H and O–H groups in total. The average molecular weight is 368 g/mol. The molecule has 2 aromatic rings. The predicted molar refractivity (Wildman–Crippen MR) is 103 cm³/mol. The van der Waals surface area contributed by atoms with Crippen molar-refractivity contribution in [1.29, 1.82) is 0 Å². The predicted octanol–water partition coefficient (Wildman–Crippen LogP) is 3.35. The van der Waals surface area contributed by atoms with Gasteiger partial charge in [-0.2, -0.15) is 5.10 Å². The Hall–Kier alpha value is -3.55. The molecule has 0 radical (unpaired) electrons. The van der Waals surface area contributed by atoms with Crippen LogP contribution in [0.4, 0.5) is 11.4 Å². The molecule has 0 aliphatic heterocycles. The molecule has 2 rings (SSSR count). The lowest BCUT2D eigenvalue weighted by Crippen LogP contribution is -2.22.